The monoisotopic (exact) mass is 573 g/mol. The largest absolute Gasteiger partial charge is 0.482 e. The number of nitrogens with one attached hydrogen (secondary N) is 2. The maximum Gasteiger partial charge on any atom is 0.258 e. The number of hydrogen-bond acceptors (Lipinski definition) is 6. The first-order valence-corrected chi connectivity index (χ1v) is 13.1. The zero-order chi connectivity index (χ0) is 27.1. The van der Waals surface area contributed by atoms with Gasteiger partial charge in [-0.1, -0.05) is 47.1 Å². The van der Waals surface area contributed by atoms with E-state index in [-0.39, 0.29) is 29.8 Å². The van der Waals surface area contributed by atoms with Crippen LogP contribution in [0.25, 0.3) is 5.69 Å². The first kappa shape index (κ1) is 27.4. The molecule has 4 aromatic rings. The van der Waals surface area contributed by atoms with Crippen molar-refractivity contribution in [1.29, 1.82) is 0 Å². The van der Waals surface area contributed by atoms with Crippen molar-refractivity contribution < 1.29 is 18.7 Å². The van der Waals surface area contributed by atoms with Gasteiger partial charge in [0.2, 0.25) is 5.91 Å². The van der Waals surface area contributed by atoms with Crippen LogP contribution in [0.15, 0.2) is 71.9 Å². The van der Waals surface area contributed by atoms with Gasteiger partial charge in [-0.2, -0.15) is 0 Å². The minimum absolute atomic E-state index is 0.0109. The average Bonchev–Trinajstić information content (AvgIpc) is 3.29. The molecule has 2 N–H and O–H groups in total. The lowest BCUT2D eigenvalue weighted by Crippen LogP contribution is -2.29. The molecule has 0 radical (unpaired) electrons. The van der Waals surface area contributed by atoms with Crippen LogP contribution >= 0.6 is 35.0 Å². The van der Waals surface area contributed by atoms with Gasteiger partial charge in [0.15, 0.2) is 17.6 Å². The van der Waals surface area contributed by atoms with Crippen molar-refractivity contribution in [3.8, 4) is 11.4 Å². The molecule has 0 bridgehead atoms. The highest BCUT2D eigenvalue weighted by Gasteiger charge is 2.17. The van der Waals surface area contributed by atoms with E-state index in [1.54, 1.807) is 28.8 Å². The molecule has 0 fully saturated rings. The molecule has 196 valence electrons. The summed E-state index contributed by atoms with van der Waals surface area (Å²) in [6.45, 7) is 1.67. The van der Waals surface area contributed by atoms with Gasteiger partial charge in [-0.3, -0.25) is 14.2 Å². The fourth-order valence-electron chi connectivity index (χ4n) is 3.37. The van der Waals surface area contributed by atoms with E-state index in [2.05, 4.69) is 20.8 Å². The zero-order valence-corrected chi connectivity index (χ0v) is 22.4. The Morgan fingerprint density at radius 1 is 1.03 bits per heavy atom. The summed E-state index contributed by atoms with van der Waals surface area (Å²) in [7, 11) is 0. The number of amides is 2. The predicted molar refractivity (Wildman–Crippen MR) is 146 cm³/mol. The molecule has 0 unspecified atom stereocenters. The molecule has 0 saturated heterocycles. The Morgan fingerprint density at radius 2 is 1.82 bits per heavy atom. The number of benzene rings is 3. The zero-order valence-electron chi connectivity index (χ0n) is 20.1. The van der Waals surface area contributed by atoms with E-state index in [1.807, 2.05) is 31.2 Å². The second-order valence-electron chi connectivity index (χ2n) is 8.06. The number of thioether (sulfide) groups is 1. The molecule has 3 aromatic carbocycles. The molecule has 2 amide bonds. The number of nitrogens with zero attached hydrogens (tertiary/aromatic N) is 3. The summed E-state index contributed by atoms with van der Waals surface area (Å²) < 4.78 is 20.7. The third kappa shape index (κ3) is 7.47. The van der Waals surface area contributed by atoms with E-state index in [9.17, 15) is 14.0 Å². The van der Waals surface area contributed by atoms with Crippen molar-refractivity contribution in [2.45, 2.75) is 18.6 Å². The van der Waals surface area contributed by atoms with E-state index < -0.39 is 11.7 Å². The van der Waals surface area contributed by atoms with E-state index in [1.165, 1.54) is 18.2 Å². The second kappa shape index (κ2) is 12.8. The fourth-order valence-corrected chi connectivity index (χ4v) is 4.61. The highest BCUT2D eigenvalue weighted by molar-refractivity contribution is 7.99. The number of carbonyl (C=O) groups excluding carboxylic acids is 2. The quantitative estimate of drug-likeness (QED) is 0.245. The van der Waals surface area contributed by atoms with Gasteiger partial charge in [0.05, 0.1) is 17.3 Å². The third-order valence-corrected chi connectivity index (χ3v) is 6.58. The number of ether oxygens (including phenoxy) is 1. The van der Waals surface area contributed by atoms with Crippen LogP contribution in [0.4, 0.5) is 10.1 Å². The van der Waals surface area contributed by atoms with Crippen LogP contribution in [0.1, 0.15) is 11.4 Å². The summed E-state index contributed by atoms with van der Waals surface area (Å²) in [5, 5.41) is 15.1. The summed E-state index contributed by atoms with van der Waals surface area (Å²) in [5.74, 6) is -0.269. The summed E-state index contributed by atoms with van der Waals surface area (Å²) >= 11 is 13.1. The van der Waals surface area contributed by atoms with Gasteiger partial charge in [-0.15, -0.1) is 10.2 Å². The minimum atomic E-state index is -0.420. The molecule has 1 heterocycles. The molecule has 0 saturated carbocycles. The fraction of sp³-hybridized carbons (Fsp3) is 0.154. The second-order valence-corrected chi connectivity index (χ2v) is 9.84. The summed E-state index contributed by atoms with van der Waals surface area (Å²) in [6.07, 6.45) is 0. The SMILES string of the molecule is Cc1cccc(NC(=O)CSc2nnc(CNC(=O)COc3ccc(Cl)cc3Cl)n2-c2ccc(F)cc2)c1. The Labute approximate surface area is 232 Å². The Balaban J connectivity index is 1.42. The molecule has 0 atom stereocenters. The lowest BCUT2D eigenvalue weighted by molar-refractivity contribution is -0.123. The van der Waals surface area contributed by atoms with Gasteiger partial charge in [0.25, 0.3) is 5.91 Å². The van der Waals surface area contributed by atoms with E-state index in [0.717, 1.165) is 17.3 Å². The maximum atomic E-state index is 13.6. The summed E-state index contributed by atoms with van der Waals surface area (Å²) in [6, 6.07) is 17.9. The van der Waals surface area contributed by atoms with Crippen LogP contribution in [0, 0.1) is 12.7 Å². The molecule has 4 rings (SSSR count). The number of carbonyl (C=O) groups is 2. The lowest BCUT2D eigenvalue weighted by atomic mass is 10.2. The molecular formula is C26H22Cl2FN5O3S. The smallest absolute Gasteiger partial charge is 0.258 e. The van der Waals surface area contributed by atoms with Crippen LogP contribution in [0.3, 0.4) is 0 Å². The van der Waals surface area contributed by atoms with Crippen LogP contribution < -0.4 is 15.4 Å². The minimum Gasteiger partial charge on any atom is -0.482 e. The molecular weight excluding hydrogens is 552 g/mol. The predicted octanol–water partition coefficient (Wildman–Crippen LogP) is 5.45. The number of hydrogen-bond donors (Lipinski definition) is 2. The first-order valence-electron chi connectivity index (χ1n) is 11.3. The van der Waals surface area contributed by atoms with Crippen LogP contribution in [0.2, 0.25) is 10.0 Å². The lowest BCUT2D eigenvalue weighted by Gasteiger charge is -2.12. The van der Waals surface area contributed by atoms with Gasteiger partial charge in [0, 0.05) is 16.4 Å². The van der Waals surface area contributed by atoms with Crippen molar-refractivity contribution in [1.82, 2.24) is 20.1 Å². The third-order valence-electron chi connectivity index (χ3n) is 5.12. The van der Waals surface area contributed by atoms with Crippen molar-refractivity contribution in [3.63, 3.8) is 0 Å². The van der Waals surface area contributed by atoms with E-state index in [4.69, 9.17) is 27.9 Å². The van der Waals surface area contributed by atoms with Gasteiger partial charge in [0.1, 0.15) is 11.6 Å². The standard InChI is InChI=1S/C26H22Cl2FN5O3S/c1-16-3-2-4-19(11-16)31-25(36)15-38-26-33-32-23(34(26)20-8-6-18(29)7-9-20)13-30-24(35)14-37-22-10-5-17(27)12-21(22)28/h2-12H,13-15H2,1H3,(H,30,35)(H,31,36). The van der Waals surface area contributed by atoms with Gasteiger partial charge < -0.3 is 15.4 Å². The average molecular weight is 574 g/mol. The Hall–Kier alpha value is -3.60. The van der Waals surface area contributed by atoms with Gasteiger partial charge >= 0.3 is 0 Å². The highest BCUT2D eigenvalue weighted by Crippen LogP contribution is 2.27. The molecule has 1 aromatic heterocycles. The first-order chi connectivity index (χ1) is 18.3. The van der Waals surface area contributed by atoms with Gasteiger partial charge in [-0.05, 0) is 67.1 Å². The number of rotatable bonds is 10. The molecule has 12 heteroatoms. The Morgan fingerprint density at radius 3 is 2.55 bits per heavy atom. The highest BCUT2D eigenvalue weighted by atomic mass is 35.5. The number of aryl methyl sites for hydroxylation is 1. The van der Waals surface area contributed by atoms with E-state index in [0.29, 0.717) is 33.1 Å². The van der Waals surface area contributed by atoms with Crippen LogP contribution in [-0.2, 0) is 16.1 Å². The molecule has 0 spiro atoms. The normalized spacial score (nSPS) is 10.7. The van der Waals surface area contributed by atoms with Crippen molar-refractivity contribution in [2.24, 2.45) is 0 Å². The van der Waals surface area contributed by atoms with E-state index >= 15 is 0 Å². The summed E-state index contributed by atoms with van der Waals surface area (Å²) in [4.78, 5) is 24.9. The van der Waals surface area contributed by atoms with Crippen molar-refractivity contribution in [3.05, 3.63) is 94.0 Å². The molecule has 0 aliphatic heterocycles. The molecule has 0 aliphatic rings. The molecule has 0 aliphatic carbocycles. The Bertz CT molecular complexity index is 1450. The maximum absolute atomic E-state index is 13.6. The summed E-state index contributed by atoms with van der Waals surface area (Å²) in [5.41, 5.74) is 2.30. The van der Waals surface area contributed by atoms with Crippen LogP contribution in [-0.4, -0.2) is 38.9 Å². The topological polar surface area (TPSA) is 98.1 Å². The number of halogens is 3. The van der Waals surface area contributed by atoms with Gasteiger partial charge in [-0.25, -0.2) is 4.39 Å². The molecule has 38 heavy (non-hydrogen) atoms. The Kier molecular flexibility index (Phi) is 9.22. The van der Waals surface area contributed by atoms with Crippen molar-refractivity contribution in [2.75, 3.05) is 17.7 Å². The van der Waals surface area contributed by atoms with Crippen molar-refractivity contribution >= 4 is 52.5 Å². The molecule has 8 nitrogen and oxygen atoms in total. The number of aromatic nitrogens is 3. The van der Waals surface area contributed by atoms with Crippen LogP contribution in [0.5, 0.6) is 5.75 Å². The number of anilines is 1.